The van der Waals surface area contributed by atoms with Crippen molar-refractivity contribution in [1.29, 1.82) is 0 Å². The Morgan fingerprint density at radius 3 is 2.81 bits per heavy atom. The average molecular weight is 289 g/mol. The van der Waals surface area contributed by atoms with E-state index in [1.807, 2.05) is 0 Å². The highest BCUT2D eigenvalue weighted by atomic mass is 16.5. The third kappa shape index (κ3) is 3.58. The van der Waals surface area contributed by atoms with Crippen molar-refractivity contribution in [3.8, 4) is 5.75 Å². The van der Waals surface area contributed by atoms with Gasteiger partial charge in [-0.1, -0.05) is 25.8 Å². The van der Waals surface area contributed by atoms with Crippen molar-refractivity contribution in [3.63, 3.8) is 0 Å². The van der Waals surface area contributed by atoms with Gasteiger partial charge in [-0.15, -0.1) is 0 Å². The van der Waals surface area contributed by atoms with Gasteiger partial charge in [-0.05, 0) is 55.0 Å². The van der Waals surface area contributed by atoms with E-state index in [9.17, 15) is 0 Å². The summed E-state index contributed by atoms with van der Waals surface area (Å²) in [7, 11) is 1.73. The van der Waals surface area contributed by atoms with Gasteiger partial charge in [0.2, 0.25) is 0 Å². The fourth-order valence-corrected chi connectivity index (χ4v) is 3.33. The average Bonchev–Trinajstić information content (AvgIpc) is 3.33. The molecule has 3 heteroatoms. The van der Waals surface area contributed by atoms with Crippen molar-refractivity contribution < 1.29 is 9.47 Å². The Hall–Kier alpha value is -1.06. The number of aryl methyl sites for hydroxylation is 1. The highest BCUT2D eigenvalue weighted by molar-refractivity contribution is 5.40. The minimum absolute atomic E-state index is 0.310. The summed E-state index contributed by atoms with van der Waals surface area (Å²) in [6, 6.07) is 6.78. The van der Waals surface area contributed by atoms with Crippen LogP contribution in [-0.2, 0) is 11.2 Å². The molecule has 0 spiro atoms. The lowest BCUT2D eigenvalue weighted by atomic mass is 9.85. The second kappa shape index (κ2) is 6.80. The van der Waals surface area contributed by atoms with Crippen LogP contribution in [0.2, 0.25) is 0 Å². The van der Waals surface area contributed by atoms with Crippen LogP contribution in [0.4, 0.5) is 0 Å². The van der Waals surface area contributed by atoms with Crippen LogP contribution < -0.4 is 10.1 Å². The summed E-state index contributed by atoms with van der Waals surface area (Å²) >= 11 is 0. The van der Waals surface area contributed by atoms with E-state index in [0.717, 1.165) is 37.7 Å². The van der Waals surface area contributed by atoms with Crippen LogP contribution in [0.15, 0.2) is 18.2 Å². The summed E-state index contributed by atoms with van der Waals surface area (Å²) in [6.45, 7) is 4.06. The molecule has 0 aliphatic heterocycles. The number of likely N-dealkylation sites (N-methyl/N-ethyl adjacent to an activating group) is 1. The van der Waals surface area contributed by atoms with E-state index >= 15 is 0 Å². The van der Waals surface area contributed by atoms with Crippen LogP contribution in [0.1, 0.15) is 49.8 Å². The highest BCUT2D eigenvalue weighted by Crippen LogP contribution is 2.36. The third-order valence-electron chi connectivity index (χ3n) is 4.73. The topological polar surface area (TPSA) is 30.5 Å². The fraction of sp³-hybridized carbons (Fsp3) is 0.667. The molecule has 2 aliphatic carbocycles. The predicted molar refractivity (Wildman–Crippen MR) is 84.8 cm³/mol. The largest absolute Gasteiger partial charge is 0.497 e. The smallest absolute Gasteiger partial charge is 0.119 e. The van der Waals surface area contributed by atoms with E-state index in [2.05, 4.69) is 30.4 Å². The van der Waals surface area contributed by atoms with Gasteiger partial charge in [0.25, 0.3) is 0 Å². The van der Waals surface area contributed by atoms with Crippen LogP contribution in [0.5, 0.6) is 5.75 Å². The lowest BCUT2D eigenvalue weighted by Gasteiger charge is -2.34. The van der Waals surface area contributed by atoms with Crippen molar-refractivity contribution in [2.24, 2.45) is 5.92 Å². The van der Waals surface area contributed by atoms with Gasteiger partial charge in [-0.25, -0.2) is 0 Å². The highest BCUT2D eigenvalue weighted by Gasteiger charge is 2.30. The Bertz CT molecular complexity index is 470. The van der Waals surface area contributed by atoms with Gasteiger partial charge in [0.1, 0.15) is 5.75 Å². The minimum Gasteiger partial charge on any atom is -0.497 e. The maximum atomic E-state index is 6.22. The van der Waals surface area contributed by atoms with Gasteiger partial charge in [0, 0.05) is 6.61 Å². The molecule has 21 heavy (non-hydrogen) atoms. The van der Waals surface area contributed by atoms with E-state index in [0.29, 0.717) is 12.1 Å². The number of ether oxygens (including phenoxy) is 2. The maximum Gasteiger partial charge on any atom is 0.119 e. The molecule has 3 nitrogen and oxygen atoms in total. The first kappa shape index (κ1) is 14.9. The van der Waals surface area contributed by atoms with Gasteiger partial charge in [-0.3, -0.25) is 0 Å². The van der Waals surface area contributed by atoms with Gasteiger partial charge in [0.05, 0.1) is 19.3 Å². The van der Waals surface area contributed by atoms with Crippen molar-refractivity contribution >= 4 is 0 Å². The molecule has 116 valence electrons. The van der Waals surface area contributed by atoms with E-state index in [1.54, 1.807) is 7.11 Å². The van der Waals surface area contributed by atoms with Crippen LogP contribution in [-0.4, -0.2) is 26.4 Å². The number of hydrogen-bond donors (Lipinski definition) is 1. The Morgan fingerprint density at radius 2 is 2.10 bits per heavy atom. The van der Waals surface area contributed by atoms with Crippen molar-refractivity contribution in [3.05, 3.63) is 29.3 Å². The molecule has 1 saturated carbocycles. The molecule has 0 saturated heterocycles. The monoisotopic (exact) mass is 289 g/mol. The number of fused-ring (bicyclic) bond motifs is 1. The number of rotatable bonds is 7. The second-order valence-electron chi connectivity index (χ2n) is 6.28. The normalized spacial score (nSPS) is 24.7. The van der Waals surface area contributed by atoms with Crippen LogP contribution >= 0.6 is 0 Å². The molecule has 0 heterocycles. The van der Waals surface area contributed by atoms with E-state index in [1.165, 1.54) is 30.4 Å². The number of benzene rings is 1. The zero-order valence-electron chi connectivity index (χ0n) is 13.2. The summed E-state index contributed by atoms with van der Waals surface area (Å²) < 4.78 is 11.6. The van der Waals surface area contributed by atoms with Crippen LogP contribution in [0.25, 0.3) is 0 Å². The summed E-state index contributed by atoms with van der Waals surface area (Å²) in [5.74, 6) is 1.90. The molecule has 0 amide bonds. The first-order valence-corrected chi connectivity index (χ1v) is 8.33. The molecule has 1 N–H and O–H groups in total. The molecule has 2 atom stereocenters. The molecule has 1 fully saturated rings. The third-order valence-corrected chi connectivity index (χ3v) is 4.73. The van der Waals surface area contributed by atoms with Gasteiger partial charge < -0.3 is 14.8 Å². The molecule has 3 rings (SSSR count). The molecular formula is C18H27NO2. The van der Waals surface area contributed by atoms with E-state index in [-0.39, 0.29) is 0 Å². The molecular weight excluding hydrogens is 262 g/mol. The molecule has 0 bridgehead atoms. The Kier molecular flexibility index (Phi) is 4.81. The first-order chi connectivity index (χ1) is 10.3. The maximum absolute atomic E-state index is 6.22. The predicted octanol–water partition coefficient (Wildman–Crippen LogP) is 3.48. The summed E-state index contributed by atoms with van der Waals surface area (Å²) in [5.41, 5.74) is 2.79. The number of methoxy groups -OCH3 is 1. The molecule has 1 aromatic carbocycles. The fourth-order valence-electron chi connectivity index (χ4n) is 3.33. The van der Waals surface area contributed by atoms with Gasteiger partial charge in [-0.2, -0.15) is 0 Å². The first-order valence-electron chi connectivity index (χ1n) is 8.33. The minimum atomic E-state index is 0.310. The van der Waals surface area contributed by atoms with E-state index in [4.69, 9.17) is 9.47 Å². The second-order valence-corrected chi connectivity index (χ2v) is 6.28. The Morgan fingerprint density at radius 1 is 1.24 bits per heavy atom. The summed E-state index contributed by atoms with van der Waals surface area (Å²) in [5, 5.41) is 3.62. The zero-order chi connectivity index (χ0) is 14.7. The van der Waals surface area contributed by atoms with Crippen molar-refractivity contribution in [2.45, 2.75) is 51.2 Å². The SMILES string of the molecule is CCNC1c2ccc(OC)cc2CCC1OCCC1CC1. The molecule has 2 unspecified atom stereocenters. The standard InChI is InChI=1S/C18H27NO2/c1-3-19-18-16-8-7-15(20-2)12-14(16)6-9-17(18)21-11-10-13-4-5-13/h7-8,12-13,17-19H,3-6,9-11H2,1-2H3. The summed E-state index contributed by atoms with van der Waals surface area (Å²) in [4.78, 5) is 0. The molecule has 2 aliphatic rings. The van der Waals surface area contributed by atoms with Crippen molar-refractivity contribution in [2.75, 3.05) is 20.3 Å². The Balaban J connectivity index is 1.69. The van der Waals surface area contributed by atoms with Gasteiger partial charge >= 0.3 is 0 Å². The molecule has 0 radical (unpaired) electrons. The quantitative estimate of drug-likeness (QED) is 0.833. The summed E-state index contributed by atoms with van der Waals surface area (Å²) in [6.07, 6.45) is 6.56. The molecule has 0 aromatic heterocycles. The Labute approximate surface area is 128 Å². The molecule has 1 aromatic rings. The lowest BCUT2D eigenvalue weighted by molar-refractivity contribution is 0.0129. The van der Waals surface area contributed by atoms with Crippen LogP contribution in [0, 0.1) is 5.92 Å². The van der Waals surface area contributed by atoms with Gasteiger partial charge in [0.15, 0.2) is 0 Å². The number of nitrogens with one attached hydrogen (secondary N) is 1. The van der Waals surface area contributed by atoms with E-state index < -0.39 is 0 Å². The lowest BCUT2D eigenvalue weighted by Crippen LogP contribution is -2.38. The zero-order valence-corrected chi connectivity index (χ0v) is 13.2. The van der Waals surface area contributed by atoms with Crippen molar-refractivity contribution in [1.82, 2.24) is 5.32 Å². The number of hydrogen-bond acceptors (Lipinski definition) is 3. The van der Waals surface area contributed by atoms with Crippen LogP contribution in [0.3, 0.4) is 0 Å².